The summed E-state index contributed by atoms with van der Waals surface area (Å²) in [6.07, 6.45) is 6.04. The zero-order valence-corrected chi connectivity index (χ0v) is 15.9. The Balaban J connectivity index is 1.48. The van der Waals surface area contributed by atoms with Crippen molar-refractivity contribution in [2.75, 3.05) is 18.4 Å². The van der Waals surface area contributed by atoms with Crippen LogP contribution in [0.25, 0.3) is 6.08 Å². The second-order valence-corrected chi connectivity index (χ2v) is 7.57. The van der Waals surface area contributed by atoms with E-state index in [4.69, 9.17) is 11.6 Å². The fourth-order valence-electron chi connectivity index (χ4n) is 2.76. The molecule has 0 saturated carbocycles. The Morgan fingerprint density at radius 2 is 2.12 bits per heavy atom. The van der Waals surface area contributed by atoms with E-state index < -0.39 is 0 Å². The fourth-order valence-corrected chi connectivity index (χ4v) is 3.45. The van der Waals surface area contributed by atoms with Gasteiger partial charge in [0, 0.05) is 36.7 Å². The van der Waals surface area contributed by atoms with Gasteiger partial charge >= 0.3 is 0 Å². The van der Waals surface area contributed by atoms with Crippen LogP contribution < -0.4 is 5.32 Å². The molecule has 8 heteroatoms. The first-order valence-electron chi connectivity index (χ1n) is 8.33. The number of carbonyl (C=O) groups is 2. The summed E-state index contributed by atoms with van der Waals surface area (Å²) in [4.78, 5) is 34.7. The number of likely N-dealkylation sites (tertiary alicyclic amines) is 1. The van der Waals surface area contributed by atoms with E-state index in [2.05, 4.69) is 15.3 Å². The van der Waals surface area contributed by atoms with Crippen molar-refractivity contribution in [2.45, 2.75) is 19.8 Å². The van der Waals surface area contributed by atoms with Crippen LogP contribution in [0.1, 0.15) is 23.5 Å². The minimum Gasteiger partial charge on any atom is -0.339 e. The van der Waals surface area contributed by atoms with E-state index in [1.807, 2.05) is 12.3 Å². The average molecular weight is 391 g/mol. The number of rotatable bonds is 4. The largest absolute Gasteiger partial charge is 0.339 e. The van der Waals surface area contributed by atoms with Gasteiger partial charge in [0.05, 0.1) is 15.7 Å². The number of aromatic nitrogens is 2. The van der Waals surface area contributed by atoms with E-state index in [0.717, 1.165) is 10.7 Å². The van der Waals surface area contributed by atoms with E-state index in [1.54, 1.807) is 40.5 Å². The monoisotopic (exact) mass is 390 g/mol. The molecule has 3 rings (SSSR count). The van der Waals surface area contributed by atoms with Gasteiger partial charge in [-0.05, 0) is 38.0 Å². The third-order valence-electron chi connectivity index (χ3n) is 4.19. The number of anilines is 1. The third-order valence-corrected chi connectivity index (χ3v) is 5.20. The first-order chi connectivity index (χ1) is 12.5. The smallest absolute Gasteiger partial charge is 0.246 e. The molecule has 0 bridgehead atoms. The molecule has 1 N–H and O–H groups in total. The molecule has 1 saturated heterocycles. The second kappa shape index (κ2) is 8.42. The van der Waals surface area contributed by atoms with Gasteiger partial charge in [0.15, 0.2) is 0 Å². The minimum absolute atomic E-state index is 0.0473. The Morgan fingerprint density at radius 3 is 2.73 bits per heavy atom. The number of aryl methyl sites for hydroxylation is 1. The highest BCUT2D eigenvalue weighted by molar-refractivity contribution is 7.09. The maximum absolute atomic E-state index is 12.3. The molecule has 136 valence electrons. The van der Waals surface area contributed by atoms with E-state index >= 15 is 0 Å². The van der Waals surface area contributed by atoms with E-state index in [9.17, 15) is 9.59 Å². The summed E-state index contributed by atoms with van der Waals surface area (Å²) >= 11 is 7.34. The lowest BCUT2D eigenvalue weighted by Crippen LogP contribution is -2.40. The van der Waals surface area contributed by atoms with Crippen LogP contribution in [0.5, 0.6) is 0 Å². The standard InChI is InChI=1S/C18H19ClN4O2S/c1-12-21-15(11-26-12)3-5-17(24)23-8-6-13(7-9-23)18(25)22-16-4-2-14(19)10-20-16/h2-5,10-11,13H,6-9H2,1H3,(H,20,22,25)/b5-3+. The quantitative estimate of drug-likeness (QED) is 0.812. The number of halogens is 1. The number of nitrogens with one attached hydrogen (secondary N) is 1. The maximum Gasteiger partial charge on any atom is 0.246 e. The van der Waals surface area contributed by atoms with Crippen molar-refractivity contribution < 1.29 is 9.59 Å². The molecule has 0 radical (unpaired) electrons. The lowest BCUT2D eigenvalue weighted by atomic mass is 9.96. The van der Waals surface area contributed by atoms with Crippen molar-refractivity contribution in [3.63, 3.8) is 0 Å². The van der Waals surface area contributed by atoms with Crippen LogP contribution >= 0.6 is 22.9 Å². The number of piperidine rings is 1. The lowest BCUT2D eigenvalue weighted by molar-refractivity contribution is -0.130. The Bertz CT molecular complexity index is 811. The van der Waals surface area contributed by atoms with Gasteiger partial charge in [-0.1, -0.05) is 11.6 Å². The normalized spacial score (nSPS) is 15.4. The average Bonchev–Trinajstić information content (AvgIpc) is 3.07. The molecule has 2 amide bonds. The van der Waals surface area contributed by atoms with Gasteiger partial charge in [0.25, 0.3) is 0 Å². The molecule has 0 aliphatic carbocycles. The van der Waals surface area contributed by atoms with E-state index in [0.29, 0.717) is 36.8 Å². The highest BCUT2D eigenvalue weighted by Crippen LogP contribution is 2.20. The number of nitrogens with zero attached hydrogens (tertiary/aromatic N) is 3. The number of thiazole rings is 1. The topological polar surface area (TPSA) is 75.2 Å². The number of pyridine rings is 1. The molecule has 0 unspecified atom stereocenters. The Kier molecular flexibility index (Phi) is 6.00. The molecule has 1 fully saturated rings. The molecule has 26 heavy (non-hydrogen) atoms. The summed E-state index contributed by atoms with van der Waals surface area (Å²) in [5, 5.41) is 6.21. The van der Waals surface area contributed by atoms with Crippen molar-refractivity contribution in [1.29, 1.82) is 0 Å². The van der Waals surface area contributed by atoms with Gasteiger partial charge < -0.3 is 10.2 Å². The molecule has 1 aliphatic heterocycles. The fraction of sp³-hybridized carbons (Fsp3) is 0.333. The van der Waals surface area contributed by atoms with Gasteiger partial charge in [-0.15, -0.1) is 11.3 Å². The van der Waals surface area contributed by atoms with Gasteiger partial charge in [-0.25, -0.2) is 9.97 Å². The predicted molar refractivity (Wildman–Crippen MR) is 103 cm³/mol. The van der Waals surface area contributed by atoms with Crippen molar-refractivity contribution in [2.24, 2.45) is 5.92 Å². The van der Waals surface area contributed by atoms with Crippen molar-refractivity contribution in [3.8, 4) is 0 Å². The minimum atomic E-state index is -0.123. The molecule has 2 aromatic rings. The zero-order chi connectivity index (χ0) is 18.5. The van der Waals surface area contributed by atoms with Gasteiger partial charge in [0.1, 0.15) is 5.82 Å². The summed E-state index contributed by atoms with van der Waals surface area (Å²) in [5.74, 6) is 0.246. The SMILES string of the molecule is Cc1nc(/C=C/C(=O)N2CCC(C(=O)Nc3ccc(Cl)cn3)CC2)cs1. The first kappa shape index (κ1) is 18.5. The summed E-state index contributed by atoms with van der Waals surface area (Å²) in [6, 6.07) is 3.35. The van der Waals surface area contributed by atoms with E-state index in [-0.39, 0.29) is 17.7 Å². The summed E-state index contributed by atoms with van der Waals surface area (Å²) in [6.45, 7) is 3.05. The molecule has 6 nitrogen and oxygen atoms in total. The number of carbonyl (C=O) groups excluding carboxylic acids is 2. The van der Waals surface area contributed by atoms with Crippen LogP contribution in [-0.2, 0) is 9.59 Å². The van der Waals surface area contributed by atoms with E-state index in [1.165, 1.54) is 6.20 Å². The van der Waals surface area contributed by atoms with Crippen LogP contribution in [0, 0.1) is 12.8 Å². The van der Waals surface area contributed by atoms with Gasteiger partial charge in [-0.3, -0.25) is 9.59 Å². The molecular weight excluding hydrogens is 372 g/mol. The van der Waals surface area contributed by atoms with Crippen LogP contribution in [0.4, 0.5) is 5.82 Å². The summed E-state index contributed by atoms with van der Waals surface area (Å²) < 4.78 is 0. The molecule has 1 aliphatic rings. The Hall–Kier alpha value is -2.25. The molecule has 2 aromatic heterocycles. The van der Waals surface area contributed by atoms with Gasteiger partial charge in [-0.2, -0.15) is 0 Å². The number of hydrogen-bond acceptors (Lipinski definition) is 5. The van der Waals surface area contributed by atoms with Crippen LogP contribution in [0.3, 0.4) is 0 Å². The predicted octanol–water partition coefficient (Wildman–Crippen LogP) is 3.39. The Morgan fingerprint density at radius 1 is 1.35 bits per heavy atom. The number of amides is 2. The molecule has 3 heterocycles. The Labute approximate surface area is 160 Å². The van der Waals surface area contributed by atoms with Crippen molar-refractivity contribution in [3.05, 3.63) is 45.5 Å². The lowest BCUT2D eigenvalue weighted by Gasteiger charge is -2.30. The second-order valence-electron chi connectivity index (χ2n) is 6.08. The highest BCUT2D eigenvalue weighted by Gasteiger charge is 2.26. The van der Waals surface area contributed by atoms with Crippen LogP contribution in [0.15, 0.2) is 29.8 Å². The van der Waals surface area contributed by atoms with Crippen LogP contribution in [-0.4, -0.2) is 39.8 Å². The zero-order valence-electron chi connectivity index (χ0n) is 14.3. The molecular formula is C18H19ClN4O2S. The summed E-state index contributed by atoms with van der Waals surface area (Å²) in [7, 11) is 0. The van der Waals surface area contributed by atoms with Crippen molar-refractivity contribution >= 4 is 46.6 Å². The summed E-state index contributed by atoms with van der Waals surface area (Å²) in [5.41, 5.74) is 0.797. The first-order valence-corrected chi connectivity index (χ1v) is 9.58. The molecule has 0 aromatic carbocycles. The number of hydrogen-bond donors (Lipinski definition) is 1. The maximum atomic E-state index is 12.3. The highest BCUT2D eigenvalue weighted by atomic mass is 35.5. The molecule has 0 spiro atoms. The van der Waals surface area contributed by atoms with Crippen molar-refractivity contribution in [1.82, 2.24) is 14.9 Å². The van der Waals surface area contributed by atoms with Gasteiger partial charge in [0.2, 0.25) is 11.8 Å². The molecule has 0 atom stereocenters. The van der Waals surface area contributed by atoms with Crippen LogP contribution in [0.2, 0.25) is 5.02 Å². The third kappa shape index (κ3) is 4.89.